The molecule has 4 heteroatoms. The Kier molecular flexibility index (Phi) is 4.20. The number of rotatable bonds is 3. The van der Waals surface area contributed by atoms with Crippen LogP contribution in [0.5, 0.6) is 0 Å². The summed E-state index contributed by atoms with van der Waals surface area (Å²) in [5.74, 6) is -0.375. The molecule has 1 heterocycles. The lowest BCUT2D eigenvalue weighted by Crippen LogP contribution is -2.21. The molecule has 1 amide bonds. The first-order chi connectivity index (χ1) is 8.68. The van der Waals surface area contributed by atoms with Crippen LogP contribution in [0.3, 0.4) is 0 Å². The number of hydrogen-bond acceptors (Lipinski definition) is 3. The van der Waals surface area contributed by atoms with Crippen molar-refractivity contribution in [2.45, 2.75) is 32.2 Å². The van der Waals surface area contributed by atoms with Crippen molar-refractivity contribution < 1.29 is 9.53 Å². The fourth-order valence-electron chi connectivity index (χ4n) is 2.33. The van der Waals surface area contributed by atoms with Crippen molar-refractivity contribution in [3.8, 4) is 0 Å². The normalized spacial score (nSPS) is 20.2. The number of nitrogens with one attached hydrogen (secondary N) is 1. The molecule has 4 nitrogen and oxygen atoms in total. The molecule has 1 atom stereocenters. The van der Waals surface area contributed by atoms with Crippen molar-refractivity contribution in [3.05, 3.63) is 29.3 Å². The number of ether oxygens (including phenoxy) is 1. The molecule has 1 aromatic carbocycles. The molecule has 1 aromatic rings. The van der Waals surface area contributed by atoms with Crippen molar-refractivity contribution in [2.75, 3.05) is 18.5 Å². The number of carbonyl (C=O) groups excluding carboxylic acids is 1. The Morgan fingerprint density at radius 3 is 3.00 bits per heavy atom. The Labute approximate surface area is 108 Å². The van der Waals surface area contributed by atoms with Crippen LogP contribution in [0.15, 0.2) is 18.2 Å². The molecule has 1 fully saturated rings. The Balaban J connectivity index is 2.13. The first kappa shape index (κ1) is 12.9. The lowest BCUT2D eigenvalue weighted by atomic mass is 10.0. The zero-order valence-electron chi connectivity index (χ0n) is 10.7. The molecule has 18 heavy (non-hydrogen) atoms. The van der Waals surface area contributed by atoms with Gasteiger partial charge in [0, 0.05) is 30.5 Å². The van der Waals surface area contributed by atoms with Crippen LogP contribution in [0.1, 0.15) is 35.2 Å². The number of primary amides is 1. The van der Waals surface area contributed by atoms with E-state index in [4.69, 9.17) is 10.5 Å². The van der Waals surface area contributed by atoms with Gasteiger partial charge in [-0.2, -0.15) is 0 Å². The summed E-state index contributed by atoms with van der Waals surface area (Å²) in [6, 6.07) is 6.03. The number of anilines is 1. The summed E-state index contributed by atoms with van der Waals surface area (Å²) >= 11 is 0. The predicted octanol–water partition coefficient (Wildman–Crippen LogP) is 2.07. The molecule has 2 rings (SSSR count). The zero-order chi connectivity index (χ0) is 13.0. The van der Waals surface area contributed by atoms with Gasteiger partial charge in [-0.1, -0.05) is 6.07 Å². The van der Waals surface area contributed by atoms with Gasteiger partial charge in [-0.05, 0) is 43.9 Å². The van der Waals surface area contributed by atoms with Gasteiger partial charge in [0.1, 0.15) is 0 Å². The minimum absolute atomic E-state index is 0.375. The number of benzene rings is 1. The van der Waals surface area contributed by atoms with Crippen molar-refractivity contribution in [1.29, 1.82) is 0 Å². The largest absolute Gasteiger partial charge is 0.382 e. The zero-order valence-corrected chi connectivity index (χ0v) is 10.7. The maximum Gasteiger partial charge on any atom is 0.249 e. The molecule has 0 radical (unpaired) electrons. The fourth-order valence-corrected chi connectivity index (χ4v) is 2.33. The second kappa shape index (κ2) is 5.87. The maximum absolute atomic E-state index is 11.3. The van der Waals surface area contributed by atoms with Crippen molar-refractivity contribution in [3.63, 3.8) is 0 Å². The van der Waals surface area contributed by atoms with Crippen LogP contribution in [-0.2, 0) is 4.74 Å². The van der Waals surface area contributed by atoms with Gasteiger partial charge in [0.15, 0.2) is 0 Å². The third-order valence-electron chi connectivity index (χ3n) is 3.41. The molecule has 3 N–H and O–H groups in total. The lowest BCUT2D eigenvalue weighted by molar-refractivity contribution is 0.0999. The minimum Gasteiger partial charge on any atom is -0.382 e. The highest BCUT2D eigenvalue weighted by molar-refractivity contribution is 5.95. The van der Waals surface area contributed by atoms with E-state index in [0.29, 0.717) is 11.6 Å². The van der Waals surface area contributed by atoms with E-state index in [1.165, 1.54) is 0 Å². The van der Waals surface area contributed by atoms with E-state index in [1.807, 2.05) is 19.1 Å². The van der Waals surface area contributed by atoms with Crippen molar-refractivity contribution in [2.24, 2.45) is 5.73 Å². The summed E-state index contributed by atoms with van der Waals surface area (Å²) in [5, 5.41) is 3.50. The maximum atomic E-state index is 11.3. The van der Waals surface area contributed by atoms with Gasteiger partial charge < -0.3 is 15.8 Å². The summed E-state index contributed by atoms with van der Waals surface area (Å²) in [4.78, 5) is 11.3. The van der Waals surface area contributed by atoms with Gasteiger partial charge in [-0.3, -0.25) is 4.79 Å². The summed E-state index contributed by atoms with van der Waals surface area (Å²) in [7, 11) is 0. The van der Waals surface area contributed by atoms with Gasteiger partial charge in [-0.25, -0.2) is 0 Å². The molecule has 0 aliphatic carbocycles. The van der Waals surface area contributed by atoms with Gasteiger partial charge >= 0.3 is 0 Å². The summed E-state index contributed by atoms with van der Waals surface area (Å²) in [6.07, 6.45) is 3.17. The smallest absolute Gasteiger partial charge is 0.249 e. The molecule has 1 unspecified atom stereocenters. The number of nitrogens with two attached hydrogens (primary N) is 1. The van der Waals surface area contributed by atoms with E-state index in [9.17, 15) is 4.79 Å². The first-order valence-electron chi connectivity index (χ1n) is 6.42. The standard InChI is InChI=1S/C14H20N2O2/c1-10-12(14(15)17)5-2-6-13(10)16-11-4-3-8-18-9-7-11/h2,5-6,11,16H,3-4,7-9H2,1H3,(H2,15,17). The summed E-state index contributed by atoms with van der Waals surface area (Å²) < 4.78 is 5.44. The van der Waals surface area contributed by atoms with Crippen LogP contribution in [-0.4, -0.2) is 25.2 Å². The van der Waals surface area contributed by atoms with E-state index in [0.717, 1.165) is 43.7 Å². The molecule has 0 saturated carbocycles. The van der Waals surface area contributed by atoms with Crippen molar-refractivity contribution in [1.82, 2.24) is 0 Å². The monoisotopic (exact) mass is 248 g/mol. The average molecular weight is 248 g/mol. The van der Waals surface area contributed by atoms with Crippen LogP contribution in [0.2, 0.25) is 0 Å². The average Bonchev–Trinajstić information content (AvgIpc) is 2.60. The molecular weight excluding hydrogens is 228 g/mol. The Bertz CT molecular complexity index is 424. The van der Waals surface area contributed by atoms with E-state index < -0.39 is 0 Å². The summed E-state index contributed by atoms with van der Waals surface area (Å²) in [5.41, 5.74) is 7.87. The molecule has 1 aliphatic rings. The highest BCUT2D eigenvalue weighted by Gasteiger charge is 2.14. The second-order valence-electron chi connectivity index (χ2n) is 4.73. The summed E-state index contributed by atoms with van der Waals surface area (Å²) in [6.45, 7) is 3.57. The number of hydrogen-bond donors (Lipinski definition) is 2. The minimum atomic E-state index is -0.375. The molecule has 0 aromatic heterocycles. The van der Waals surface area contributed by atoms with E-state index in [2.05, 4.69) is 5.32 Å². The van der Waals surface area contributed by atoms with Crippen LogP contribution < -0.4 is 11.1 Å². The van der Waals surface area contributed by atoms with E-state index >= 15 is 0 Å². The highest BCUT2D eigenvalue weighted by atomic mass is 16.5. The van der Waals surface area contributed by atoms with Crippen LogP contribution in [0.4, 0.5) is 5.69 Å². The molecule has 0 spiro atoms. The number of amides is 1. The van der Waals surface area contributed by atoms with Crippen LogP contribution in [0, 0.1) is 6.92 Å². The molecule has 0 bridgehead atoms. The van der Waals surface area contributed by atoms with Crippen LogP contribution >= 0.6 is 0 Å². The quantitative estimate of drug-likeness (QED) is 0.860. The van der Waals surface area contributed by atoms with E-state index in [1.54, 1.807) is 6.07 Å². The third kappa shape index (κ3) is 3.01. The second-order valence-corrected chi connectivity index (χ2v) is 4.73. The SMILES string of the molecule is Cc1c(NC2CCCOCC2)cccc1C(N)=O. The Morgan fingerprint density at radius 2 is 2.22 bits per heavy atom. The van der Waals surface area contributed by atoms with E-state index in [-0.39, 0.29) is 5.91 Å². The third-order valence-corrected chi connectivity index (χ3v) is 3.41. The molecule has 1 aliphatic heterocycles. The van der Waals surface area contributed by atoms with Gasteiger partial charge in [0.05, 0.1) is 0 Å². The molecule has 98 valence electrons. The van der Waals surface area contributed by atoms with Crippen LogP contribution in [0.25, 0.3) is 0 Å². The van der Waals surface area contributed by atoms with Gasteiger partial charge in [0.2, 0.25) is 5.91 Å². The first-order valence-corrected chi connectivity index (χ1v) is 6.42. The molecule has 1 saturated heterocycles. The predicted molar refractivity (Wildman–Crippen MR) is 71.8 cm³/mol. The lowest BCUT2D eigenvalue weighted by Gasteiger charge is -2.19. The Morgan fingerprint density at radius 1 is 1.39 bits per heavy atom. The van der Waals surface area contributed by atoms with Gasteiger partial charge in [-0.15, -0.1) is 0 Å². The number of carbonyl (C=O) groups is 1. The van der Waals surface area contributed by atoms with Crippen molar-refractivity contribution >= 4 is 11.6 Å². The Hall–Kier alpha value is -1.55. The topological polar surface area (TPSA) is 64.3 Å². The van der Waals surface area contributed by atoms with Gasteiger partial charge in [0.25, 0.3) is 0 Å². The highest BCUT2D eigenvalue weighted by Crippen LogP contribution is 2.22. The fraction of sp³-hybridized carbons (Fsp3) is 0.500. The molecular formula is C14H20N2O2.